The molecule has 3 nitrogen and oxygen atoms in total. The van der Waals surface area contributed by atoms with Crippen LogP contribution in [0.3, 0.4) is 0 Å². The van der Waals surface area contributed by atoms with Gasteiger partial charge in [-0.25, -0.2) is 0 Å². The van der Waals surface area contributed by atoms with Crippen molar-refractivity contribution in [2.75, 3.05) is 11.9 Å². The molecule has 1 amide bonds. The molecule has 0 spiro atoms. The third-order valence-corrected chi connectivity index (χ3v) is 3.03. The Hall–Kier alpha value is -2.00. The largest absolute Gasteiger partial charge is 0.508 e. The molecule has 19 heavy (non-hydrogen) atoms. The molecule has 0 atom stereocenters. The number of halogens is 1. The molecule has 4 heteroatoms. The number of phenols is 1. The molecule has 98 valence electrons. The van der Waals surface area contributed by atoms with Crippen LogP contribution in [0.2, 0.25) is 5.02 Å². The van der Waals surface area contributed by atoms with Crippen molar-refractivity contribution in [1.29, 1.82) is 0 Å². The molecule has 0 aliphatic heterocycles. The van der Waals surface area contributed by atoms with Gasteiger partial charge in [-0.1, -0.05) is 17.7 Å². The van der Waals surface area contributed by atoms with Gasteiger partial charge in [-0.05, 0) is 42.8 Å². The number of anilines is 1. The van der Waals surface area contributed by atoms with E-state index < -0.39 is 0 Å². The lowest BCUT2D eigenvalue weighted by molar-refractivity contribution is 0.0993. The molecule has 0 unspecified atom stereocenters. The number of nitrogens with zero attached hydrogens (tertiary/aromatic N) is 1. The van der Waals surface area contributed by atoms with E-state index in [4.69, 9.17) is 11.6 Å². The first-order valence-electron chi connectivity index (χ1n) is 5.81. The van der Waals surface area contributed by atoms with Gasteiger partial charge in [0.25, 0.3) is 5.91 Å². The minimum Gasteiger partial charge on any atom is -0.508 e. The predicted octanol–water partition coefficient (Wildman–Crippen LogP) is 3.63. The Labute approximate surface area is 117 Å². The molecule has 0 saturated heterocycles. The van der Waals surface area contributed by atoms with Crippen molar-refractivity contribution in [1.82, 2.24) is 0 Å². The standard InChI is InChI=1S/C15H14ClNO2/c1-10-6-11(8-12(16)7-10)15(19)17(2)13-4-3-5-14(18)9-13/h3-9,18H,1-2H3. The van der Waals surface area contributed by atoms with E-state index in [0.29, 0.717) is 16.3 Å². The van der Waals surface area contributed by atoms with Gasteiger partial charge in [-0.15, -0.1) is 0 Å². The number of carbonyl (C=O) groups is 1. The van der Waals surface area contributed by atoms with Gasteiger partial charge in [0, 0.05) is 29.4 Å². The first-order chi connectivity index (χ1) is 8.97. The molecule has 0 bridgehead atoms. The highest BCUT2D eigenvalue weighted by Crippen LogP contribution is 2.22. The molecule has 0 radical (unpaired) electrons. The van der Waals surface area contributed by atoms with Gasteiger partial charge in [-0.2, -0.15) is 0 Å². The lowest BCUT2D eigenvalue weighted by Gasteiger charge is -2.18. The van der Waals surface area contributed by atoms with E-state index in [2.05, 4.69) is 0 Å². The normalized spacial score (nSPS) is 10.3. The number of phenolic OH excluding ortho intramolecular Hbond substituents is 1. The highest BCUT2D eigenvalue weighted by atomic mass is 35.5. The Bertz CT molecular complexity index is 605. The maximum absolute atomic E-state index is 12.3. The summed E-state index contributed by atoms with van der Waals surface area (Å²) in [4.78, 5) is 13.8. The fourth-order valence-electron chi connectivity index (χ4n) is 1.87. The van der Waals surface area contributed by atoms with Crippen molar-refractivity contribution < 1.29 is 9.90 Å². The zero-order chi connectivity index (χ0) is 14.0. The molecular formula is C15H14ClNO2. The van der Waals surface area contributed by atoms with Gasteiger partial charge >= 0.3 is 0 Å². The summed E-state index contributed by atoms with van der Waals surface area (Å²) in [5.41, 5.74) is 2.08. The monoisotopic (exact) mass is 275 g/mol. The second-order valence-corrected chi connectivity index (χ2v) is 4.84. The molecular weight excluding hydrogens is 262 g/mol. The van der Waals surface area contributed by atoms with Crippen molar-refractivity contribution in [3.05, 3.63) is 58.6 Å². The van der Waals surface area contributed by atoms with Crippen LogP contribution in [0.25, 0.3) is 0 Å². The molecule has 0 fully saturated rings. The van der Waals surface area contributed by atoms with Crippen LogP contribution in [-0.2, 0) is 0 Å². The fourth-order valence-corrected chi connectivity index (χ4v) is 2.16. The summed E-state index contributed by atoms with van der Waals surface area (Å²) in [6, 6.07) is 11.8. The van der Waals surface area contributed by atoms with Crippen LogP contribution in [0.15, 0.2) is 42.5 Å². The molecule has 0 aromatic heterocycles. The Morgan fingerprint density at radius 1 is 1.21 bits per heavy atom. The lowest BCUT2D eigenvalue weighted by atomic mass is 10.1. The van der Waals surface area contributed by atoms with Crippen LogP contribution >= 0.6 is 11.6 Å². The molecule has 0 heterocycles. The second-order valence-electron chi connectivity index (χ2n) is 4.40. The number of aromatic hydroxyl groups is 1. The number of carbonyl (C=O) groups excluding carboxylic acids is 1. The summed E-state index contributed by atoms with van der Waals surface area (Å²) in [7, 11) is 1.66. The highest BCUT2D eigenvalue weighted by Gasteiger charge is 2.14. The molecule has 2 rings (SSSR count). The Morgan fingerprint density at radius 3 is 2.58 bits per heavy atom. The average Bonchev–Trinajstić information content (AvgIpc) is 2.36. The minimum absolute atomic E-state index is 0.124. The average molecular weight is 276 g/mol. The molecule has 2 aromatic rings. The van der Waals surface area contributed by atoms with Crippen LogP contribution in [-0.4, -0.2) is 18.1 Å². The van der Waals surface area contributed by atoms with Crippen LogP contribution < -0.4 is 4.90 Å². The third kappa shape index (κ3) is 3.06. The Morgan fingerprint density at radius 2 is 1.95 bits per heavy atom. The van der Waals surface area contributed by atoms with Gasteiger partial charge in [0.15, 0.2) is 0 Å². The van der Waals surface area contributed by atoms with Crippen molar-refractivity contribution in [2.45, 2.75) is 6.92 Å². The molecule has 2 aromatic carbocycles. The summed E-state index contributed by atoms with van der Waals surface area (Å²) < 4.78 is 0. The van der Waals surface area contributed by atoms with Gasteiger partial charge < -0.3 is 10.0 Å². The van der Waals surface area contributed by atoms with Crippen LogP contribution in [0.1, 0.15) is 15.9 Å². The topological polar surface area (TPSA) is 40.5 Å². The summed E-state index contributed by atoms with van der Waals surface area (Å²) in [5, 5.41) is 9.98. The first-order valence-corrected chi connectivity index (χ1v) is 6.19. The van der Waals surface area contributed by atoms with Gasteiger partial charge in [-0.3, -0.25) is 4.79 Å². The van der Waals surface area contributed by atoms with Crippen molar-refractivity contribution in [2.24, 2.45) is 0 Å². The SMILES string of the molecule is Cc1cc(Cl)cc(C(=O)N(C)c2cccc(O)c2)c1. The smallest absolute Gasteiger partial charge is 0.258 e. The van der Waals surface area contributed by atoms with E-state index in [1.165, 1.54) is 11.0 Å². The second kappa shape index (κ2) is 5.33. The number of aryl methyl sites for hydroxylation is 1. The lowest BCUT2D eigenvalue weighted by Crippen LogP contribution is -2.26. The predicted molar refractivity (Wildman–Crippen MR) is 77.0 cm³/mol. The molecule has 0 aliphatic rings. The van der Waals surface area contributed by atoms with E-state index in [1.54, 1.807) is 43.4 Å². The third-order valence-electron chi connectivity index (χ3n) is 2.81. The Balaban J connectivity index is 2.33. The van der Waals surface area contributed by atoms with E-state index in [0.717, 1.165) is 5.56 Å². The van der Waals surface area contributed by atoms with Crippen LogP contribution in [0.4, 0.5) is 5.69 Å². The van der Waals surface area contributed by atoms with Gasteiger partial charge in [0.2, 0.25) is 0 Å². The van der Waals surface area contributed by atoms with Crippen molar-refractivity contribution in [3.8, 4) is 5.75 Å². The zero-order valence-corrected chi connectivity index (χ0v) is 11.5. The van der Waals surface area contributed by atoms with Crippen LogP contribution in [0, 0.1) is 6.92 Å². The molecule has 1 N–H and O–H groups in total. The fraction of sp³-hybridized carbons (Fsp3) is 0.133. The summed E-state index contributed by atoms with van der Waals surface area (Å²) >= 11 is 5.96. The number of amides is 1. The van der Waals surface area contributed by atoms with E-state index in [-0.39, 0.29) is 11.7 Å². The maximum atomic E-state index is 12.3. The number of hydrogen-bond acceptors (Lipinski definition) is 2. The number of rotatable bonds is 2. The summed E-state index contributed by atoms with van der Waals surface area (Å²) in [6.07, 6.45) is 0. The van der Waals surface area contributed by atoms with Gasteiger partial charge in [0.05, 0.1) is 0 Å². The summed E-state index contributed by atoms with van der Waals surface area (Å²) in [5.74, 6) is -0.0457. The van der Waals surface area contributed by atoms with E-state index >= 15 is 0 Å². The first kappa shape index (κ1) is 13.4. The number of hydrogen-bond donors (Lipinski definition) is 1. The van der Waals surface area contributed by atoms with Gasteiger partial charge in [0.1, 0.15) is 5.75 Å². The van der Waals surface area contributed by atoms with Crippen LogP contribution in [0.5, 0.6) is 5.75 Å². The van der Waals surface area contributed by atoms with Crippen molar-refractivity contribution >= 4 is 23.2 Å². The van der Waals surface area contributed by atoms with Crippen molar-refractivity contribution in [3.63, 3.8) is 0 Å². The quantitative estimate of drug-likeness (QED) is 0.909. The number of benzene rings is 2. The zero-order valence-electron chi connectivity index (χ0n) is 10.7. The van der Waals surface area contributed by atoms with E-state index in [9.17, 15) is 9.90 Å². The highest BCUT2D eigenvalue weighted by molar-refractivity contribution is 6.31. The minimum atomic E-state index is -0.170. The van der Waals surface area contributed by atoms with E-state index in [1.807, 2.05) is 6.92 Å². The molecule has 0 aliphatic carbocycles. The summed E-state index contributed by atoms with van der Waals surface area (Å²) in [6.45, 7) is 1.89. The maximum Gasteiger partial charge on any atom is 0.258 e. The Kier molecular flexibility index (Phi) is 3.76. The molecule has 0 saturated carbocycles.